The van der Waals surface area contributed by atoms with E-state index in [2.05, 4.69) is 25.5 Å². The molecule has 2 heterocycles. The summed E-state index contributed by atoms with van der Waals surface area (Å²) in [7, 11) is 0. The van der Waals surface area contributed by atoms with Gasteiger partial charge >= 0.3 is 0 Å². The SMILES string of the molecule is Cc1cccc(C)c1NC(=O)c1cnc(Nc2ccc(OCCCN3CCCCC3)c(F)c2)nc1Oc1ccc(Cl)c(Cl)c1. The average Bonchev–Trinajstić information content (AvgIpc) is 3.00. The number of ether oxygens (including phenoxy) is 2. The number of carbonyl (C=O) groups excluding carboxylic acids is 1. The van der Waals surface area contributed by atoms with Gasteiger partial charge in [0, 0.05) is 36.2 Å². The van der Waals surface area contributed by atoms with Crippen LogP contribution in [0.25, 0.3) is 0 Å². The molecule has 8 nitrogen and oxygen atoms in total. The average molecular weight is 639 g/mol. The van der Waals surface area contributed by atoms with Gasteiger partial charge in [0.25, 0.3) is 5.91 Å². The van der Waals surface area contributed by atoms with Crippen molar-refractivity contribution in [3.8, 4) is 17.4 Å². The third-order valence-electron chi connectivity index (χ3n) is 7.34. The standard InChI is InChI=1S/C33H34Cl2FN5O3/c1-21-8-6-9-22(2)30(21)39-31(42)25-20-37-33(40-32(25)44-24-11-12-26(34)27(35)19-24)38-23-10-13-29(28(36)18-23)43-17-7-16-41-14-4-3-5-15-41/h6,8-13,18-20H,3-5,7,14-17H2,1-2H3,(H,39,42)(H,37,38,40). The van der Waals surface area contributed by atoms with Gasteiger partial charge in [0.2, 0.25) is 11.8 Å². The van der Waals surface area contributed by atoms with E-state index in [1.165, 1.54) is 37.6 Å². The number of rotatable bonds is 11. The molecule has 1 fully saturated rings. The Balaban J connectivity index is 1.31. The molecule has 1 aliphatic rings. The Labute approximate surface area is 266 Å². The van der Waals surface area contributed by atoms with E-state index < -0.39 is 11.7 Å². The van der Waals surface area contributed by atoms with Crippen LogP contribution in [-0.4, -0.2) is 47.0 Å². The van der Waals surface area contributed by atoms with Gasteiger partial charge < -0.3 is 25.0 Å². The van der Waals surface area contributed by atoms with Gasteiger partial charge in [-0.05, 0) is 81.6 Å². The molecule has 1 aliphatic heterocycles. The summed E-state index contributed by atoms with van der Waals surface area (Å²) in [4.78, 5) is 24.6. The van der Waals surface area contributed by atoms with Crippen molar-refractivity contribution < 1.29 is 18.7 Å². The van der Waals surface area contributed by atoms with Gasteiger partial charge in [-0.15, -0.1) is 0 Å². The zero-order valence-electron chi connectivity index (χ0n) is 24.6. The summed E-state index contributed by atoms with van der Waals surface area (Å²) in [5.74, 6) is -0.408. The number of nitrogens with zero attached hydrogens (tertiary/aromatic N) is 3. The molecule has 0 bridgehead atoms. The fraction of sp³-hybridized carbons (Fsp3) is 0.303. The molecule has 0 atom stereocenters. The van der Waals surface area contributed by atoms with Crippen LogP contribution in [0.15, 0.2) is 60.8 Å². The van der Waals surface area contributed by atoms with Crippen LogP contribution in [0.5, 0.6) is 17.4 Å². The number of nitrogens with one attached hydrogen (secondary N) is 2. The summed E-state index contributed by atoms with van der Waals surface area (Å²) in [6.45, 7) is 7.44. The molecular formula is C33H34Cl2FN5O3. The fourth-order valence-corrected chi connectivity index (χ4v) is 5.27. The normalized spacial score (nSPS) is 13.4. The third-order valence-corrected chi connectivity index (χ3v) is 8.08. The summed E-state index contributed by atoms with van der Waals surface area (Å²) in [5.41, 5.74) is 2.98. The number of piperidine rings is 1. The maximum Gasteiger partial charge on any atom is 0.262 e. The molecule has 0 saturated carbocycles. The van der Waals surface area contributed by atoms with Crippen LogP contribution in [0, 0.1) is 19.7 Å². The molecule has 2 N–H and O–H groups in total. The minimum absolute atomic E-state index is 0.0289. The van der Waals surface area contributed by atoms with Crippen molar-refractivity contribution in [2.75, 3.05) is 36.9 Å². The Morgan fingerprint density at radius 2 is 1.77 bits per heavy atom. The summed E-state index contributed by atoms with van der Waals surface area (Å²) in [5, 5.41) is 6.55. The van der Waals surface area contributed by atoms with E-state index in [0.29, 0.717) is 28.8 Å². The highest BCUT2D eigenvalue weighted by atomic mass is 35.5. The second-order valence-electron chi connectivity index (χ2n) is 10.7. The predicted molar refractivity (Wildman–Crippen MR) is 173 cm³/mol. The first-order valence-corrected chi connectivity index (χ1v) is 15.3. The Morgan fingerprint density at radius 3 is 2.50 bits per heavy atom. The van der Waals surface area contributed by atoms with E-state index in [1.807, 2.05) is 32.0 Å². The van der Waals surface area contributed by atoms with Crippen LogP contribution in [-0.2, 0) is 0 Å². The second-order valence-corrected chi connectivity index (χ2v) is 11.5. The molecule has 5 rings (SSSR count). The number of anilines is 3. The lowest BCUT2D eigenvalue weighted by Gasteiger charge is -2.26. The third kappa shape index (κ3) is 8.16. The number of aryl methyl sites for hydroxylation is 2. The molecule has 0 unspecified atom stereocenters. The van der Waals surface area contributed by atoms with Gasteiger partial charge in [-0.3, -0.25) is 4.79 Å². The van der Waals surface area contributed by atoms with Crippen molar-refractivity contribution in [1.29, 1.82) is 0 Å². The van der Waals surface area contributed by atoms with Gasteiger partial charge in [-0.1, -0.05) is 47.8 Å². The summed E-state index contributed by atoms with van der Waals surface area (Å²) < 4.78 is 26.6. The number of hydrogen-bond acceptors (Lipinski definition) is 7. The Kier molecular flexibility index (Phi) is 10.5. The van der Waals surface area contributed by atoms with Crippen molar-refractivity contribution >= 4 is 46.4 Å². The number of hydrogen-bond donors (Lipinski definition) is 2. The molecule has 230 valence electrons. The minimum Gasteiger partial charge on any atom is -0.490 e. The summed E-state index contributed by atoms with van der Waals surface area (Å²) in [6, 6.07) is 15.0. The predicted octanol–water partition coefficient (Wildman–Crippen LogP) is 8.58. The lowest BCUT2D eigenvalue weighted by atomic mass is 10.1. The molecule has 1 saturated heterocycles. The molecule has 0 aliphatic carbocycles. The van der Waals surface area contributed by atoms with Gasteiger partial charge in [0.1, 0.15) is 11.3 Å². The van der Waals surface area contributed by atoms with Crippen molar-refractivity contribution in [1.82, 2.24) is 14.9 Å². The van der Waals surface area contributed by atoms with Crippen LogP contribution in [0.4, 0.5) is 21.7 Å². The second kappa shape index (κ2) is 14.7. The first kappa shape index (κ1) is 31.5. The lowest BCUT2D eigenvalue weighted by Crippen LogP contribution is -2.31. The van der Waals surface area contributed by atoms with Gasteiger partial charge in [0.05, 0.1) is 16.7 Å². The maximum absolute atomic E-state index is 14.9. The largest absolute Gasteiger partial charge is 0.490 e. The molecule has 1 amide bonds. The van der Waals surface area contributed by atoms with Crippen LogP contribution in [0.2, 0.25) is 10.0 Å². The fourth-order valence-electron chi connectivity index (χ4n) is 4.98. The molecule has 0 spiro atoms. The van der Waals surface area contributed by atoms with E-state index in [4.69, 9.17) is 32.7 Å². The maximum atomic E-state index is 14.9. The number of amides is 1. The lowest BCUT2D eigenvalue weighted by molar-refractivity contribution is 0.102. The van der Waals surface area contributed by atoms with Gasteiger partial charge in [-0.2, -0.15) is 4.98 Å². The van der Waals surface area contributed by atoms with Crippen LogP contribution in [0.3, 0.4) is 0 Å². The number of para-hydroxylation sites is 1. The van der Waals surface area contributed by atoms with E-state index in [0.717, 1.165) is 37.2 Å². The molecule has 3 aromatic carbocycles. The number of likely N-dealkylation sites (tertiary alicyclic amines) is 1. The minimum atomic E-state index is -0.509. The molecule has 0 radical (unpaired) electrons. The van der Waals surface area contributed by atoms with E-state index in [-0.39, 0.29) is 28.2 Å². The quantitative estimate of drug-likeness (QED) is 0.159. The number of carbonyl (C=O) groups is 1. The highest BCUT2D eigenvalue weighted by molar-refractivity contribution is 6.42. The van der Waals surface area contributed by atoms with Crippen LogP contribution < -0.4 is 20.1 Å². The zero-order chi connectivity index (χ0) is 31.1. The van der Waals surface area contributed by atoms with Crippen molar-refractivity contribution in [3.63, 3.8) is 0 Å². The summed E-state index contributed by atoms with van der Waals surface area (Å²) >= 11 is 12.2. The van der Waals surface area contributed by atoms with Crippen molar-refractivity contribution in [2.24, 2.45) is 0 Å². The topological polar surface area (TPSA) is 88.6 Å². The molecular weight excluding hydrogens is 604 g/mol. The van der Waals surface area contributed by atoms with E-state index in [1.54, 1.807) is 24.3 Å². The number of aromatic nitrogens is 2. The van der Waals surface area contributed by atoms with Crippen molar-refractivity contribution in [2.45, 2.75) is 39.5 Å². The van der Waals surface area contributed by atoms with Crippen molar-refractivity contribution in [3.05, 3.63) is 93.3 Å². The summed E-state index contributed by atoms with van der Waals surface area (Å²) in [6.07, 6.45) is 5.95. The van der Waals surface area contributed by atoms with Crippen LogP contribution >= 0.6 is 23.2 Å². The van der Waals surface area contributed by atoms with E-state index >= 15 is 0 Å². The van der Waals surface area contributed by atoms with E-state index in [9.17, 15) is 9.18 Å². The highest BCUT2D eigenvalue weighted by Gasteiger charge is 2.20. The number of halogens is 3. The first-order valence-electron chi connectivity index (χ1n) is 14.6. The molecule has 1 aromatic heterocycles. The van der Waals surface area contributed by atoms with Gasteiger partial charge in [0.15, 0.2) is 11.6 Å². The highest BCUT2D eigenvalue weighted by Crippen LogP contribution is 2.32. The molecule has 4 aromatic rings. The Hall–Kier alpha value is -3.92. The monoisotopic (exact) mass is 637 g/mol. The smallest absolute Gasteiger partial charge is 0.262 e. The Bertz CT molecular complexity index is 1610. The van der Waals surface area contributed by atoms with Crippen LogP contribution in [0.1, 0.15) is 47.2 Å². The van der Waals surface area contributed by atoms with Gasteiger partial charge in [-0.25, -0.2) is 9.37 Å². The zero-order valence-corrected chi connectivity index (χ0v) is 26.1. The first-order chi connectivity index (χ1) is 21.3. The molecule has 44 heavy (non-hydrogen) atoms. The number of benzene rings is 3. The Morgan fingerprint density at radius 1 is 1.00 bits per heavy atom. The molecule has 11 heteroatoms.